The average Bonchev–Trinajstić information content (AvgIpc) is 3.08. The van der Waals surface area contributed by atoms with Crippen molar-refractivity contribution in [2.24, 2.45) is 5.92 Å². The third-order valence-electron chi connectivity index (χ3n) is 7.16. The number of rotatable bonds is 19. The maximum atomic E-state index is 12.2. The number of ether oxygens (including phenoxy) is 5. The fourth-order valence-electron chi connectivity index (χ4n) is 4.42. The Labute approximate surface area is 277 Å². The van der Waals surface area contributed by atoms with Gasteiger partial charge in [0.05, 0.1) is 26.9 Å². The minimum Gasteiger partial charge on any atom is -0.497 e. The smallest absolute Gasteiger partial charge is 0.336 e. The molecule has 0 unspecified atom stereocenters. The quantitative estimate of drug-likeness (QED) is 0.0560. The summed E-state index contributed by atoms with van der Waals surface area (Å²) in [4.78, 5) is 35.8. The van der Waals surface area contributed by atoms with E-state index in [0.29, 0.717) is 23.5 Å². The van der Waals surface area contributed by atoms with E-state index in [-0.39, 0.29) is 19.1 Å². The summed E-state index contributed by atoms with van der Waals surface area (Å²) in [5.74, 6) is 0.572. The number of esters is 3. The number of unbranched alkanes of at least 4 members (excludes halogenated alkanes) is 3. The SMILES string of the molecule is C=C(C)C(=O)OCC(CCCCCCOc1ccc(-c2ccc(OC(=O)/C=C/c3ccc(OC)cc3)cc2)cc1)COC(=O)C(=C)C. The highest BCUT2D eigenvalue weighted by atomic mass is 16.5. The van der Waals surface area contributed by atoms with Gasteiger partial charge in [0, 0.05) is 23.1 Å². The van der Waals surface area contributed by atoms with Crippen molar-refractivity contribution in [3.63, 3.8) is 0 Å². The molecule has 248 valence electrons. The molecule has 8 nitrogen and oxygen atoms in total. The van der Waals surface area contributed by atoms with Gasteiger partial charge < -0.3 is 23.7 Å². The Bertz CT molecular complexity index is 1470. The topological polar surface area (TPSA) is 97.4 Å². The predicted molar refractivity (Wildman–Crippen MR) is 183 cm³/mol. The molecule has 3 aromatic rings. The lowest BCUT2D eigenvalue weighted by molar-refractivity contribution is -0.144. The van der Waals surface area contributed by atoms with E-state index in [1.165, 1.54) is 6.08 Å². The van der Waals surface area contributed by atoms with Crippen LogP contribution in [0.5, 0.6) is 17.2 Å². The Kier molecular flexibility index (Phi) is 15.0. The minimum atomic E-state index is -0.456. The highest BCUT2D eigenvalue weighted by Crippen LogP contribution is 2.25. The first kappa shape index (κ1) is 36.4. The van der Waals surface area contributed by atoms with Gasteiger partial charge in [-0.3, -0.25) is 0 Å². The highest BCUT2D eigenvalue weighted by Gasteiger charge is 2.15. The van der Waals surface area contributed by atoms with Crippen LogP contribution in [0.4, 0.5) is 0 Å². The van der Waals surface area contributed by atoms with Gasteiger partial charge in [-0.15, -0.1) is 0 Å². The van der Waals surface area contributed by atoms with Crippen LogP contribution in [0.15, 0.2) is 103 Å². The molecule has 0 N–H and O–H groups in total. The first-order valence-corrected chi connectivity index (χ1v) is 15.7. The van der Waals surface area contributed by atoms with Gasteiger partial charge in [-0.1, -0.05) is 68.8 Å². The number of carbonyl (C=O) groups is 3. The van der Waals surface area contributed by atoms with E-state index in [4.69, 9.17) is 23.7 Å². The van der Waals surface area contributed by atoms with E-state index in [1.807, 2.05) is 60.7 Å². The van der Waals surface area contributed by atoms with Crippen molar-refractivity contribution in [3.05, 3.63) is 109 Å². The van der Waals surface area contributed by atoms with E-state index in [1.54, 1.807) is 39.2 Å². The number of hydrogen-bond acceptors (Lipinski definition) is 8. The highest BCUT2D eigenvalue weighted by molar-refractivity contribution is 5.89. The number of benzene rings is 3. The molecule has 0 aliphatic rings. The molecule has 0 aliphatic carbocycles. The third-order valence-corrected chi connectivity index (χ3v) is 7.16. The van der Waals surface area contributed by atoms with E-state index < -0.39 is 17.9 Å². The predicted octanol–water partition coefficient (Wildman–Crippen LogP) is 8.17. The molecular weight excluding hydrogens is 596 g/mol. The van der Waals surface area contributed by atoms with Crippen molar-refractivity contribution in [1.29, 1.82) is 0 Å². The van der Waals surface area contributed by atoms with E-state index in [2.05, 4.69) is 13.2 Å². The Morgan fingerprint density at radius 1 is 0.681 bits per heavy atom. The van der Waals surface area contributed by atoms with Gasteiger partial charge in [-0.2, -0.15) is 0 Å². The van der Waals surface area contributed by atoms with Gasteiger partial charge >= 0.3 is 17.9 Å². The molecule has 8 heteroatoms. The van der Waals surface area contributed by atoms with Crippen LogP contribution in [0.25, 0.3) is 17.2 Å². The zero-order valence-electron chi connectivity index (χ0n) is 27.5. The monoisotopic (exact) mass is 640 g/mol. The average molecular weight is 641 g/mol. The zero-order valence-corrected chi connectivity index (χ0v) is 27.5. The van der Waals surface area contributed by atoms with Gasteiger partial charge in [0.15, 0.2) is 0 Å². The lowest BCUT2D eigenvalue weighted by Crippen LogP contribution is -2.21. The van der Waals surface area contributed by atoms with Crippen LogP contribution in [0.3, 0.4) is 0 Å². The molecule has 0 spiro atoms. The molecule has 0 aliphatic heterocycles. The molecule has 0 aromatic heterocycles. The van der Waals surface area contributed by atoms with Crippen LogP contribution < -0.4 is 14.2 Å². The molecule has 0 bridgehead atoms. The lowest BCUT2D eigenvalue weighted by atomic mass is 10.0. The summed E-state index contributed by atoms with van der Waals surface area (Å²) in [5.41, 5.74) is 3.55. The van der Waals surface area contributed by atoms with Crippen molar-refractivity contribution in [3.8, 4) is 28.4 Å². The maximum Gasteiger partial charge on any atom is 0.336 e. The maximum absolute atomic E-state index is 12.2. The van der Waals surface area contributed by atoms with E-state index in [9.17, 15) is 14.4 Å². The zero-order chi connectivity index (χ0) is 34.0. The lowest BCUT2D eigenvalue weighted by Gasteiger charge is -2.17. The molecule has 0 radical (unpaired) electrons. The fraction of sp³-hybridized carbons (Fsp3) is 0.308. The molecule has 0 fully saturated rings. The molecule has 0 saturated carbocycles. The number of hydrogen-bond donors (Lipinski definition) is 0. The molecule has 0 heterocycles. The molecule has 0 atom stereocenters. The largest absolute Gasteiger partial charge is 0.497 e. The molecule has 47 heavy (non-hydrogen) atoms. The molecule has 0 amide bonds. The van der Waals surface area contributed by atoms with Crippen LogP contribution in [-0.4, -0.2) is 44.8 Å². The van der Waals surface area contributed by atoms with Crippen LogP contribution in [0.1, 0.15) is 51.5 Å². The van der Waals surface area contributed by atoms with Crippen molar-refractivity contribution >= 4 is 24.0 Å². The van der Waals surface area contributed by atoms with Gasteiger partial charge in [0.2, 0.25) is 0 Å². The van der Waals surface area contributed by atoms with Crippen molar-refractivity contribution < 1.29 is 38.1 Å². The first-order chi connectivity index (χ1) is 22.6. The summed E-state index contributed by atoms with van der Waals surface area (Å²) < 4.78 is 27.1. The second-order valence-electron chi connectivity index (χ2n) is 11.3. The fourth-order valence-corrected chi connectivity index (χ4v) is 4.42. The summed E-state index contributed by atoms with van der Waals surface area (Å²) in [6.07, 6.45) is 7.62. The normalized spacial score (nSPS) is 10.8. The van der Waals surface area contributed by atoms with Gasteiger partial charge in [-0.25, -0.2) is 14.4 Å². The third kappa shape index (κ3) is 13.4. The Hall–Kier alpha value is -5.11. The van der Waals surface area contributed by atoms with Crippen molar-refractivity contribution in [1.82, 2.24) is 0 Å². The summed E-state index contributed by atoms with van der Waals surface area (Å²) in [6, 6.07) is 22.6. The Balaban J connectivity index is 1.36. The molecular formula is C39H44O8. The summed E-state index contributed by atoms with van der Waals surface area (Å²) >= 11 is 0. The number of methoxy groups -OCH3 is 1. The Morgan fingerprint density at radius 3 is 1.72 bits per heavy atom. The van der Waals surface area contributed by atoms with E-state index >= 15 is 0 Å². The van der Waals surface area contributed by atoms with Crippen LogP contribution >= 0.6 is 0 Å². The van der Waals surface area contributed by atoms with Gasteiger partial charge in [0.25, 0.3) is 0 Å². The second-order valence-corrected chi connectivity index (χ2v) is 11.3. The van der Waals surface area contributed by atoms with E-state index in [0.717, 1.165) is 60.3 Å². The summed E-state index contributed by atoms with van der Waals surface area (Å²) in [6.45, 7) is 11.3. The van der Waals surface area contributed by atoms with Gasteiger partial charge in [-0.05, 0) is 85.9 Å². The summed E-state index contributed by atoms with van der Waals surface area (Å²) in [7, 11) is 1.61. The van der Waals surface area contributed by atoms with Crippen LogP contribution in [-0.2, 0) is 23.9 Å². The standard InChI is InChI=1S/C39H44O8/c1-28(2)38(41)45-26-31(27-46-39(42)29(3)4)10-8-6-7-9-25-44-35-20-14-32(15-21-35)33-16-22-36(23-17-33)47-37(40)24-13-30-11-18-34(43-5)19-12-30/h11-24,31H,1,3,6-10,25-27H2,2,4-5H3/b24-13+. The summed E-state index contributed by atoms with van der Waals surface area (Å²) in [5, 5.41) is 0. The second kappa shape index (κ2) is 19.4. The minimum absolute atomic E-state index is 0.0875. The van der Waals surface area contributed by atoms with Crippen LogP contribution in [0.2, 0.25) is 0 Å². The molecule has 3 aromatic carbocycles. The van der Waals surface area contributed by atoms with Crippen molar-refractivity contribution in [2.45, 2.75) is 46.0 Å². The van der Waals surface area contributed by atoms with Crippen molar-refractivity contribution in [2.75, 3.05) is 26.9 Å². The van der Waals surface area contributed by atoms with Crippen LogP contribution in [0, 0.1) is 5.92 Å². The molecule has 0 saturated heterocycles. The number of carbonyl (C=O) groups excluding carboxylic acids is 3. The molecule has 3 rings (SSSR count). The first-order valence-electron chi connectivity index (χ1n) is 15.7. The Morgan fingerprint density at radius 2 is 1.19 bits per heavy atom. The van der Waals surface area contributed by atoms with Gasteiger partial charge in [0.1, 0.15) is 17.2 Å².